The molecule has 1 unspecified atom stereocenters. The Labute approximate surface area is 124 Å². The molecule has 0 saturated heterocycles. The molecule has 0 saturated carbocycles. The summed E-state index contributed by atoms with van der Waals surface area (Å²) in [7, 11) is 0. The first-order valence-corrected chi connectivity index (χ1v) is 7.79. The number of rotatable bonds is 7. The highest BCUT2D eigenvalue weighted by Crippen LogP contribution is 2.32. The summed E-state index contributed by atoms with van der Waals surface area (Å²) in [5, 5.41) is 3.45. The molecule has 0 aliphatic heterocycles. The molecule has 0 fully saturated rings. The van der Waals surface area contributed by atoms with Gasteiger partial charge in [0.15, 0.2) is 0 Å². The Hall–Kier alpha value is -1.02. The van der Waals surface area contributed by atoms with Crippen LogP contribution in [0.4, 0.5) is 0 Å². The van der Waals surface area contributed by atoms with E-state index in [0.29, 0.717) is 5.92 Å². The monoisotopic (exact) mass is 277 g/mol. The van der Waals surface area contributed by atoms with Gasteiger partial charge in [-0.3, -0.25) is 0 Å². The maximum atomic E-state index is 6.07. The second-order valence-corrected chi connectivity index (χ2v) is 6.87. The topological polar surface area (TPSA) is 21.3 Å². The minimum absolute atomic E-state index is 0.116. The molecular weight excluding hydrogens is 246 g/mol. The largest absolute Gasteiger partial charge is 0.493 e. The molecule has 1 rings (SSSR count). The summed E-state index contributed by atoms with van der Waals surface area (Å²) in [5.41, 5.74) is 2.71. The van der Waals surface area contributed by atoms with Gasteiger partial charge < -0.3 is 10.1 Å². The second kappa shape index (κ2) is 7.68. The van der Waals surface area contributed by atoms with Gasteiger partial charge >= 0.3 is 0 Å². The van der Waals surface area contributed by atoms with Gasteiger partial charge in [-0.25, -0.2) is 0 Å². The first kappa shape index (κ1) is 17.0. The molecule has 20 heavy (non-hydrogen) atoms. The molecule has 114 valence electrons. The van der Waals surface area contributed by atoms with Crippen molar-refractivity contribution in [2.75, 3.05) is 19.7 Å². The minimum atomic E-state index is 0.116. The van der Waals surface area contributed by atoms with Crippen LogP contribution < -0.4 is 10.1 Å². The highest BCUT2D eigenvalue weighted by Gasteiger charge is 2.19. The molecule has 0 aromatic heterocycles. The molecule has 0 heterocycles. The molecular formula is C18H31NO. The van der Waals surface area contributed by atoms with Crippen LogP contribution in [0.25, 0.3) is 0 Å². The Morgan fingerprint density at radius 3 is 2.55 bits per heavy atom. The van der Waals surface area contributed by atoms with Crippen LogP contribution in [0.2, 0.25) is 0 Å². The Balaban J connectivity index is 2.64. The van der Waals surface area contributed by atoms with Crippen LogP contribution >= 0.6 is 0 Å². The number of ether oxygens (including phenoxy) is 1. The number of aryl methyl sites for hydroxylation is 1. The van der Waals surface area contributed by atoms with Crippen molar-refractivity contribution in [3.8, 4) is 5.75 Å². The van der Waals surface area contributed by atoms with Gasteiger partial charge in [-0.15, -0.1) is 0 Å². The molecule has 0 aliphatic rings. The minimum Gasteiger partial charge on any atom is -0.493 e. The standard InChI is InChI=1S/C18H31NO/c1-7-10-19-12-15(3)13-20-17-9-8-14(2)11-16(17)18(4,5)6/h8-9,11,15,19H,7,10,12-13H2,1-6H3. The zero-order valence-electron chi connectivity index (χ0n) is 14.0. The van der Waals surface area contributed by atoms with E-state index in [9.17, 15) is 0 Å². The highest BCUT2D eigenvalue weighted by atomic mass is 16.5. The molecule has 0 spiro atoms. The smallest absolute Gasteiger partial charge is 0.123 e. The summed E-state index contributed by atoms with van der Waals surface area (Å²) >= 11 is 0. The van der Waals surface area contributed by atoms with Gasteiger partial charge in [0.05, 0.1) is 6.61 Å². The average Bonchev–Trinajstić information content (AvgIpc) is 2.36. The molecule has 1 aromatic rings. The average molecular weight is 277 g/mol. The van der Waals surface area contributed by atoms with Crippen LogP contribution in [-0.4, -0.2) is 19.7 Å². The van der Waals surface area contributed by atoms with Crippen LogP contribution in [0.15, 0.2) is 18.2 Å². The molecule has 0 bridgehead atoms. The van der Waals surface area contributed by atoms with E-state index in [1.54, 1.807) is 0 Å². The third-order valence-electron chi connectivity index (χ3n) is 3.39. The summed E-state index contributed by atoms with van der Waals surface area (Å²) in [6, 6.07) is 6.49. The number of hydrogen-bond donors (Lipinski definition) is 1. The molecule has 0 aliphatic carbocycles. The van der Waals surface area contributed by atoms with Gasteiger partial charge in [-0.2, -0.15) is 0 Å². The maximum Gasteiger partial charge on any atom is 0.123 e. The molecule has 2 nitrogen and oxygen atoms in total. The molecule has 0 amide bonds. The Bertz CT molecular complexity index is 406. The van der Waals surface area contributed by atoms with Gasteiger partial charge in [-0.05, 0) is 36.9 Å². The van der Waals surface area contributed by atoms with Gasteiger partial charge in [0.25, 0.3) is 0 Å². The van der Waals surface area contributed by atoms with Crippen LogP contribution in [-0.2, 0) is 5.41 Å². The lowest BCUT2D eigenvalue weighted by Crippen LogP contribution is -2.26. The van der Waals surface area contributed by atoms with Gasteiger partial charge in [0.2, 0.25) is 0 Å². The molecule has 1 N–H and O–H groups in total. The van der Waals surface area contributed by atoms with Crippen molar-refractivity contribution >= 4 is 0 Å². The van der Waals surface area contributed by atoms with E-state index < -0.39 is 0 Å². The summed E-state index contributed by atoms with van der Waals surface area (Å²) in [5.74, 6) is 1.56. The van der Waals surface area contributed by atoms with E-state index in [4.69, 9.17) is 4.74 Å². The second-order valence-electron chi connectivity index (χ2n) is 6.87. The first-order chi connectivity index (χ1) is 9.34. The fourth-order valence-corrected chi connectivity index (χ4v) is 2.17. The zero-order chi connectivity index (χ0) is 15.2. The number of nitrogens with one attached hydrogen (secondary N) is 1. The van der Waals surface area contributed by atoms with E-state index in [1.165, 1.54) is 17.5 Å². The van der Waals surface area contributed by atoms with E-state index in [1.807, 2.05) is 0 Å². The highest BCUT2D eigenvalue weighted by molar-refractivity contribution is 5.41. The fourth-order valence-electron chi connectivity index (χ4n) is 2.17. The van der Waals surface area contributed by atoms with Gasteiger partial charge in [0.1, 0.15) is 5.75 Å². The Kier molecular flexibility index (Phi) is 6.54. The van der Waals surface area contributed by atoms with Crippen molar-refractivity contribution < 1.29 is 4.74 Å². The number of hydrogen-bond acceptors (Lipinski definition) is 2. The predicted octanol–water partition coefficient (Wildman–Crippen LogP) is 4.31. The van der Waals surface area contributed by atoms with Crippen LogP contribution in [0.1, 0.15) is 52.2 Å². The first-order valence-electron chi connectivity index (χ1n) is 7.79. The summed E-state index contributed by atoms with van der Waals surface area (Å²) in [6.45, 7) is 16.1. The van der Waals surface area contributed by atoms with Crippen LogP contribution in [0.3, 0.4) is 0 Å². The summed E-state index contributed by atoms with van der Waals surface area (Å²) in [6.07, 6.45) is 1.18. The number of benzene rings is 1. The third kappa shape index (κ3) is 5.54. The van der Waals surface area contributed by atoms with E-state index in [2.05, 4.69) is 65.1 Å². The van der Waals surface area contributed by atoms with Gasteiger partial charge in [-0.1, -0.05) is 52.3 Å². The summed E-state index contributed by atoms with van der Waals surface area (Å²) < 4.78 is 6.07. The van der Waals surface area contributed by atoms with Crippen molar-refractivity contribution in [3.63, 3.8) is 0 Å². The normalized spacial score (nSPS) is 13.3. The third-order valence-corrected chi connectivity index (χ3v) is 3.39. The van der Waals surface area contributed by atoms with Crippen molar-refractivity contribution in [2.24, 2.45) is 5.92 Å². The Morgan fingerprint density at radius 1 is 1.25 bits per heavy atom. The van der Waals surface area contributed by atoms with E-state index >= 15 is 0 Å². The predicted molar refractivity (Wildman–Crippen MR) is 87.7 cm³/mol. The van der Waals surface area contributed by atoms with E-state index in [-0.39, 0.29) is 5.41 Å². The lowest BCUT2D eigenvalue weighted by Gasteiger charge is -2.24. The molecule has 2 heteroatoms. The Morgan fingerprint density at radius 2 is 1.95 bits per heavy atom. The van der Waals surface area contributed by atoms with Crippen LogP contribution in [0.5, 0.6) is 5.75 Å². The molecule has 1 aromatic carbocycles. The maximum absolute atomic E-state index is 6.07. The summed E-state index contributed by atoms with van der Waals surface area (Å²) in [4.78, 5) is 0. The molecule has 1 atom stereocenters. The van der Waals surface area contributed by atoms with Crippen molar-refractivity contribution in [2.45, 2.75) is 53.4 Å². The lowest BCUT2D eigenvalue weighted by atomic mass is 9.85. The zero-order valence-corrected chi connectivity index (χ0v) is 14.0. The van der Waals surface area contributed by atoms with E-state index in [0.717, 1.165) is 25.4 Å². The van der Waals surface area contributed by atoms with Crippen LogP contribution in [0, 0.1) is 12.8 Å². The lowest BCUT2D eigenvalue weighted by molar-refractivity contribution is 0.250. The molecule has 0 radical (unpaired) electrons. The van der Waals surface area contributed by atoms with Gasteiger partial charge in [0, 0.05) is 12.5 Å². The van der Waals surface area contributed by atoms with Crippen molar-refractivity contribution in [1.82, 2.24) is 5.32 Å². The quantitative estimate of drug-likeness (QED) is 0.750. The SMILES string of the molecule is CCCNCC(C)COc1ccc(C)cc1C(C)(C)C. The van der Waals surface area contributed by atoms with Crippen molar-refractivity contribution in [3.05, 3.63) is 29.3 Å². The fraction of sp³-hybridized carbons (Fsp3) is 0.667. The van der Waals surface area contributed by atoms with Crippen molar-refractivity contribution in [1.29, 1.82) is 0 Å².